The predicted octanol–water partition coefficient (Wildman–Crippen LogP) is 2.33. The lowest BCUT2D eigenvalue weighted by atomic mass is 10.1. The Balaban J connectivity index is 2.04. The molecule has 17 heavy (non-hydrogen) atoms. The minimum absolute atomic E-state index is 0.0415. The summed E-state index contributed by atoms with van der Waals surface area (Å²) in [5.74, 6) is -0.0610. The molecule has 0 saturated carbocycles. The summed E-state index contributed by atoms with van der Waals surface area (Å²) in [5, 5.41) is 8.62. The maximum atomic E-state index is 13.4. The number of hydrogen-bond donors (Lipinski definition) is 0. The van der Waals surface area contributed by atoms with Gasteiger partial charge in [0.15, 0.2) is 0 Å². The Morgan fingerprint density at radius 1 is 1.53 bits per heavy atom. The van der Waals surface area contributed by atoms with Crippen molar-refractivity contribution in [2.24, 2.45) is 0 Å². The zero-order valence-electron chi connectivity index (χ0n) is 9.53. The van der Waals surface area contributed by atoms with Crippen molar-refractivity contribution in [3.63, 3.8) is 0 Å². The van der Waals surface area contributed by atoms with E-state index in [1.807, 2.05) is 4.90 Å². The summed E-state index contributed by atoms with van der Waals surface area (Å²) in [6, 6.07) is 6.12. The van der Waals surface area contributed by atoms with Crippen LogP contribution in [-0.4, -0.2) is 24.1 Å². The predicted molar refractivity (Wildman–Crippen MR) is 61.7 cm³/mol. The van der Waals surface area contributed by atoms with Gasteiger partial charge in [-0.1, -0.05) is 0 Å². The molecule has 1 aliphatic rings. The van der Waals surface area contributed by atoms with Crippen LogP contribution in [0.3, 0.4) is 0 Å². The molecule has 3 nitrogen and oxygen atoms in total. The lowest BCUT2D eigenvalue weighted by Gasteiger charge is -2.35. The molecule has 0 bridgehead atoms. The highest BCUT2D eigenvalue weighted by Gasteiger charge is 2.16. The van der Waals surface area contributed by atoms with Crippen molar-refractivity contribution in [3.8, 4) is 11.8 Å². The molecule has 1 unspecified atom stereocenters. The van der Waals surface area contributed by atoms with Gasteiger partial charge in [-0.25, -0.2) is 4.39 Å². The smallest absolute Gasteiger partial charge is 0.144 e. The topological polar surface area (TPSA) is 36.3 Å². The second-order valence-electron chi connectivity index (χ2n) is 4.21. The summed E-state index contributed by atoms with van der Waals surface area (Å²) in [6.07, 6.45) is 2.04. The van der Waals surface area contributed by atoms with Gasteiger partial charge in [0.2, 0.25) is 0 Å². The SMILES string of the molecule is [CH2-]N1CCCC(Oc2ccc(C#N)c(F)c2)C1. The zero-order valence-corrected chi connectivity index (χ0v) is 9.53. The standard InChI is InChI=1S/C13H14FN2O/c1-16-6-2-3-12(9-16)17-11-5-4-10(8-15)13(14)7-11/h4-5,7,12H,1-3,6,9H2/q-1. The molecule has 4 heteroatoms. The van der Waals surface area contributed by atoms with E-state index in [0.29, 0.717) is 5.75 Å². The molecule has 1 aromatic rings. The molecule has 1 aliphatic heterocycles. The average molecular weight is 233 g/mol. The molecule has 90 valence electrons. The summed E-state index contributed by atoms with van der Waals surface area (Å²) >= 11 is 0. The van der Waals surface area contributed by atoms with Gasteiger partial charge in [0.05, 0.1) is 5.56 Å². The minimum Gasteiger partial charge on any atom is -0.489 e. The van der Waals surface area contributed by atoms with Crippen LogP contribution in [0.25, 0.3) is 0 Å². The Morgan fingerprint density at radius 3 is 3.00 bits per heavy atom. The highest BCUT2D eigenvalue weighted by Crippen LogP contribution is 2.20. The lowest BCUT2D eigenvalue weighted by molar-refractivity contribution is 0.113. The number of ether oxygens (including phenoxy) is 1. The number of nitrogens with zero attached hydrogens (tertiary/aromatic N) is 2. The van der Waals surface area contributed by atoms with Crippen molar-refractivity contribution in [2.75, 3.05) is 13.1 Å². The largest absolute Gasteiger partial charge is 0.489 e. The first-order valence-electron chi connectivity index (χ1n) is 5.61. The molecule has 0 radical (unpaired) electrons. The fourth-order valence-electron chi connectivity index (χ4n) is 1.96. The molecule has 0 N–H and O–H groups in total. The first kappa shape index (κ1) is 11.9. The molecule has 1 fully saturated rings. The van der Waals surface area contributed by atoms with E-state index in [0.717, 1.165) is 25.9 Å². The Kier molecular flexibility index (Phi) is 3.60. The first-order chi connectivity index (χ1) is 8.19. The quantitative estimate of drug-likeness (QED) is 0.735. The summed E-state index contributed by atoms with van der Waals surface area (Å²) in [7, 11) is 3.87. The van der Waals surface area contributed by atoms with Crippen molar-refractivity contribution in [3.05, 3.63) is 36.6 Å². The molecule has 0 spiro atoms. The summed E-state index contributed by atoms with van der Waals surface area (Å²) in [5.41, 5.74) is 0.0415. The van der Waals surface area contributed by atoms with E-state index < -0.39 is 5.82 Å². The van der Waals surface area contributed by atoms with Gasteiger partial charge in [0.25, 0.3) is 0 Å². The molecule has 0 aliphatic carbocycles. The van der Waals surface area contributed by atoms with Crippen LogP contribution in [0.2, 0.25) is 0 Å². The van der Waals surface area contributed by atoms with E-state index in [-0.39, 0.29) is 11.7 Å². The van der Waals surface area contributed by atoms with Gasteiger partial charge in [0, 0.05) is 12.6 Å². The maximum Gasteiger partial charge on any atom is 0.144 e. The van der Waals surface area contributed by atoms with Gasteiger partial charge in [0.1, 0.15) is 23.7 Å². The Bertz CT molecular complexity index is 442. The van der Waals surface area contributed by atoms with Gasteiger partial charge in [-0.15, -0.1) is 0 Å². The Hall–Kier alpha value is -1.60. The minimum atomic E-state index is -0.535. The fourth-order valence-corrected chi connectivity index (χ4v) is 1.96. The van der Waals surface area contributed by atoms with E-state index in [4.69, 9.17) is 10.00 Å². The molecule has 0 amide bonds. The highest BCUT2D eigenvalue weighted by atomic mass is 19.1. The summed E-state index contributed by atoms with van der Waals surface area (Å²) < 4.78 is 19.0. The maximum absolute atomic E-state index is 13.4. The van der Waals surface area contributed by atoms with E-state index in [9.17, 15) is 4.39 Å². The third-order valence-corrected chi connectivity index (χ3v) is 2.83. The third kappa shape index (κ3) is 2.95. The Morgan fingerprint density at radius 2 is 2.35 bits per heavy atom. The number of halogens is 1. The lowest BCUT2D eigenvalue weighted by Crippen LogP contribution is -2.37. The number of rotatable bonds is 2. The second-order valence-corrected chi connectivity index (χ2v) is 4.21. The van der Waals surface area contributed by atoms with E-state index in [1.54, 1.807) is 12.1 Å². The molecular formula is C13H14FN2O-. The molecule has 1 heterocycles. The van der Waals surface area contributed by atoms with Gasteiger partial charge < -0.3 is 9.64 Å². The number of piperidine rings is 1. The van der Waals surface area contributed by atoms with Crippen molar-refractivity contribution < 1.29 is 9.13 Å². The highest BCUT2D eigenvalue weighted by molar-refractivity contribution is 5.36. The van der Waals surface area contributed by atoms with E-state index in [1.165, 1.54) is 12.1 Å². The Labute approximate surface area is 100 Å². The second kappa shape index (κ2) is 5.15. The molecule has 0 aromatic heterocycles. The number of benzene rings is 1. The van der Waals surface area contributed by atoms with Crippen molar-refractivity contribution in [1.29, 1.82) is 5.26 Å². The monoisotopic (exact) mass is 233 g/mol. The van der Waals surface area contributed by atoms with Crippen LogP contribution in [0.5, 0.6) is 5.75 Å². The summed E-state index contributed by atoms with van der Waals surface area (Å²) in [4.78, 5) is 1.95. The molecular weight excluding hydrogens is 219 g/mol. The molecule has 1 atom stereocenters. The first-order valence-corrected chi connectivity index (χ1v) is 5.61. The van der Waals surface area contributed by atoms with Crippen molar-refractivity contribution >= 4 is 0 Å². The van der Waals surface area contributed by atoms with Crippen LogP contribution in [-0.2, 0) is 0 Å². The van der Waals surface area contributed by atoms with Gasteiger partial charge in [-0.2, -0.15) is 5.26 Å². The van der Waals surface area contributed by atoms with Crippen LogP contribution in [0.4, 0.5) is 4.39 Å². The molecule has 2 rings (SSSR count). The third-order valence-electron chi connectivity index (χ3n) is 2.83. The molecule has 1 saturated heterocycles. The number of nitriles is 1. The zero-order chi connectivity index (χ0) is 12.3. The van der Waals surface area contributed by atoms with Crippen LogP contribution in [0.1, 0.15) is 18.4 Å². The van der Waals surface area contributed by atoms with E-state index >= 15 is 0 Å². The average Bonchev–Trinajstić information content (AvgIpc) is 2.29. The van der Waals surface area contributed by atoms with Gasteiger partial charge >= 0.3 is 0 Å². The number of likely N-dealkylation sites (tertiary alicyclic amines) is 1. The number of hydrogen-bond acceptors (Lipinski definition) is 3. The van der Waals surface area contributed by atoms with Crippen LogP contribution in [0.15, 0.2) is 18.2 Å². The van der Waals surface area contributed by atoms with E-state index in [2.05, 4.69) is 7.05 Å². The van der Waals surface area contributed by atoms with Crippen molar-refractivity contribution in [2.45, 2.75) is 18.9 Å². The fraction of sp³-hybridized carbons (Fsp3) is 0.385. The normalized spacial score (nSPS) is 20.9. The van der Waals surface area contributed by atoms with Crippen LogP contribution >= 0.6 is 0 Å². The van der Waals surface area contributed by atoms with Crippen LogP contribution < -0.4 is 4.74 Å². The van der Waals surface area contributed by atoms with Crippen molar-refractivity contribution in [1.82, 2.24) is 4.90 Å². The summed E-state index contributed by atoms with van der Waals surface area (Å²) in [6.45, 7) is 1.73. The van der Waals surface area contributed by atoms with Crippen LogP contribution in [0, 0.1) is 24.2 Å². The van der Waals surface area contributed by atoms with Gasteiger partial charge in [-0.3, -0.25) is 7.05 Å². The molecule has 1 aromatic carbocycles. The van der Waals surface area contributed by atoms with Gasteiger partial charge in [-0.05, 0) is 31.5 Å².